The second kappa shape index (κ2) is 8.00. The van der Waals surface area contributed by atoms with Crippen molar-refractivity contribution in [2.24, 2.45) is 5.92 Å². The zero-order chi connectivity index (χ0) is 15.2. The van der Waals surface area contributed by atoms with Gasteiger partial charge < -0.3 is 5.73 Å². The van der Waals surface area contributed by atoms with Crippen LogP contribution in [0.2, 0.25) is 0 Å². The number of nitrogen functional groups attached to an aromatic ring is 1. The van der Waals surface area contributed by atoms with Crippen LogP contribution in [0.3, 0.4) is 0 Å². The third kappa shape index (κ3) is 5.07. The first-order chi connectivity index (χ1) is 9.40. The van der Waals surface area contributed by atoms with E-state index in [1.54, 1.807) is 6.07 Å². The maximum absolute atomic E-state index is 12.2. The van der Waals surface area contributed by atoms with Gasteiger partial charge in [0, 0.05) is 16.7 Å². The Morgan fingerprint density at radius 1 is 1.35 bits per heavy atom. The predicted octanol–water partition coefficient (Wildman–Crippen LogP) is 3.53. The second-order valence-corrected chi connectivity index (χ2v) is 7.57. The Kier molecular flexibility index (Phi) is 6.99. The maximum Gasteiger partial charge on any atom is 0.240 e. The van der Waals surface area contributed by atoms with Crippen LogP contribution < -0.4 is 10.5 Å². The van der Waals surface area contributed by atoms with E-state index in [2.05, 4.69) is 34.5 Å². The Bertz CT molecular complexity index is 532. The second-order valence-electron chi connectivity index (χ2n) is 4.95. The molecule has 0 radical (unpaired) electrons. The molecule has 6 heteroatoms. The van der Waals surface area contributed by atoms with Crippen molar-refractivity contribution in [1.29, 1.82) is 0 Å². The van der Waals surface area contributed by atoms with Gasteiger partial charge in [0.2, 0.25) is 10.0 Å². The van der Waals surface area contributed by atoms with Gasteiger partial charge in [-0.25, -0.2) is 13.1 Å². The molecular weight excluding hydrogens is 340 g/mol. The summed E-state index contributed by atoms with van der Waals surface area (Å²) in [4.78, 5) is 0.240. The highest BCUT2D eigenvalue weighted by atomic mass is 79.9. The summed E-state index contributed by atoms with van der Waals surface area (Å²) in [5, 5.41) is 0. The van der Waals surface area contributed by atoms with Crippen LogP contribution in [-0.4, -0.2) is 15.0 Å². The van der Waals surface area contributed by atoms with E-state index in [0.29, 0.717) is 22.6 Å². The van der Waals surface area contributed by atoms with Crippen molar-refractivity contribution in [2.75, 3.05) is 12.3 Å². The molecule has 20 heavy (non-hydrogen) atoms. The minimum atomic E-state index is -3.47. The van der Waals surface area contributed by atoms with Gasteiger partial charge in [-0.05, 0) is 46.5 Å². The first-order valence-corrected chi connectivity index (χ1v) is 9.23. The fraction of sp³-hybridized carbons (Fsp3) is 0.571. The monoisotopic (exact) mass is 362 g/mol. The van der Waals surface area contributed by atoms with E-state index in [0.717, 1.165) is 25.7 Å². The molecule has 0 amide bonds. The molecule has 3 N–H and O–H groups in total. The molecule has 0 fully saturated rings. The van der Waals surface area contributed by atoms with E-state index >= 15 is 0 Å². The minimum Gasteiger partial charge on any atom is -0.398 e. The molecule has 0 bridgehead atoms. The van der Waals surface area contributed by atoms with Crippen LogP contribution in [0.1, 0.15) is 39.5 Å². The first-order valence-electron chi connectivity index (χ1n) is 6.95. The highest BCUT2D eigenvalue weighted by molar-refractivity contribution is 9.10. The van der Waals surface area contributed by atoms with Crippen LogP contribution in [0.5, 0.6) is 0 Å². The average molecular weight is 363 g/mol. The van der Waals surface area contributed by atoms with E-state index in [1.807, 2.05) is 0 Å². The highest BCUT2D eigenvalue weighted by Gasteiger charge is 2.17. The van der Waals surface area contributed by atoms with E-state index in [4.69, 9.17) is 5.73 Å². The molecular formula is C14H23BrN2O2S. The van der Waals surface area contributed by atoms with Crippen molar-refractivity contribution in [3.8, 4) is 0 Å². The quantitative estimate of drug-likeness (QED) is 0.694. The number of hydrogen-bond acceptors (Lipinski definition) is 3. The SMILES string of the molecule is CCCCC(CC)CNS(=O)(=O)c1ccc(N)c(Br)c1. The molecule has 1 rings (SSSR count). The number of benzene rings is 1. The number of rotatable bonds is 8. The summed E-state index contributed by atoms with van der Waals surface area (Å²) in [7, 11) is -3.47. The lowest BCUT2D eigenvalue weighted by Crippen LogP contribution is -2.29. The fourth-order valence-corrected chi connectivity index (χ4v) is 3.60. The summed E-state index contributed by atoms with van der Waals surface area (Å²) in [6.45, 7) is 4.72. The molecule has 0 aromatic heterocycles. The molecule has 0 aliphatic heterocycles. The summed E-state index contributed by atoms with van der Waals surface area (Å²) in [5.41, 5.74) is 6.19. The minimum absolute atomic E-state index is 0.240. The normalized spacial score (nSPS) is 13.3. The van der Waals surface area contributed by atoms with Crippen LogP contribution in [0, 0.1) is 5.92 Å². The summed E-state index contributed by atoms with van der Waals surface area (Å²) in [6.07, 6.45) is 4.30. The van der Waals surface area contributed by atoms with Crippen molar-refractivity contribution in [3.05, 3.63) is 22.7 Å². The Balaban J connectivity index is 2.71. The van der Waals surface area contributed by atoms with Crippen LogP contribution in [-0.2, 0) is 10.0 Å². The molecule has 114 valence electrons. The lowest BCUT2D eigenvalue weighted by molar-refractivity contribution is 0.444. The van der Waals surface area contributed by atoms with Gasteiger partial charge in [-0.1, -0.05) is 33.1 Å². The average Bonchev–Trinajstić information content (AvgIpc) is 2.42. The number of nitrogens with two attached hydrogens (primary N) is 1. The molecule has 0 saturated heterocycles. The Hall–Kier alpha value is -0.590. The van der Waals surface area contributed by atoms with Crippen LogP contribution in [0.25, 0.3) is 0 Å². The van der Waals surface area contributed by atoms with Gasteiger partial charge in [-0.3, -0.25) is 0 Å². The molecule has 0 aliphatic rings. The lowest BCUT2D eigenvalue weighted by Gasteiger charge is -2.15. The molecule has 1 atom stereocenters. The van der Waals surface area contributed by atoms with E-state index < -0.39 is 10.0 Å². The first kappa shape index (κ1) is 17.5. The molecule has 4 nitrogen and oxygen atoms in total. The van der Waals surface area contributed by atoms with Gasteiger partial charge in [0.05, 0.1) is 4.90 Å². The largest absolute Gasteiger partial charge is 0.398 e. The number of halogens is 1. The number of hydrogen-bond donors (Lipinski definition) is 2. The Morgan fingerprint density at radius 2 is 2.05 bits per heavy atom. The molecule has 0 aliphatic carbocycles. The third-order valence-electron chi connectivity index (χ3n) is 3.39. The molecule has 1 unspecified atom stereocenters. The van der Waals surface area contributed by atoms with Gasteiger partial charge in [0.15, 0.2) is 0 Å². The van der Waals surface area contributed by atoms with Crippen LogP contribution >= 0.6 is 15.9 Å². The van der Waals surface area contributed by atoms with E-state index in [9.17, 15) is 8.42 Å². The number of anilines is 1. The molecule has 1 aromatic rings. The highest BCUT2D eigenvalue weighted by Crippen LogP contribution is 2.23. The van der Waals surface area contributed by atoms with Crippen molar-refractivity contribution in [1.82, 2.24) is 4.72 Å². The van der Waals surface area contributed by atoms with Gasteiger partial charge in [0.25, 0.3) is 0 Å². The van der Waals surface area contributed by atoms with Crippen molar-refractivity contribution < 1.29 is 8.42 Å². The van der Waals surface area contributed by atoms with Crippen molar-refractivity contribution >= 4 is 31.6 Å². The zero-order valence-electron chi connectivity index (χ0n) is 12.0. The predicted molar refractivity (Wildman–Crippen MR) is 87.0 cm³/mol. The maximum atomic E-state index is 12.2. The van der Waals surface area contributed by atoms with Gasteiger partial charge in [0.1, 0.15) is 0 Å². The standard InChI is InChI=1S/C14H23BrN2O2S/c1-3-5-6-11(4-2)10-17-20(18,19)12-7-8-14(16)13(15)9-12/h7-9,11,17H,3-6,10,16H2,1-2H3. The summed E-state index contributed by atoms with van der Waals surface area (Å²) >= 11 is 3.25. The van der Waals surface area contributed by atoms with Crippen LogP contribution in [0.4, 0.5) is 5.69 Å². The number of nitrogens with one attached hydrogen (secondary N) is 1. The zero-order valence-corrected chi connectivity index (χ0v) is 14.4. The molecule has 0 heterocycles. The Morgan fingerprint density at radius 3 is 2.60 bits per heavy atom. The van der Waals surface area contributed by atoms with E-state index in [-0.39, 0.29) is 4.90 Å². The molecule has 0 saturated carbocycles. The molecule has 1 aromatic carbocycles. The van der Waals surface area contributed by atoms with Crippen LogP contribution in [0.15, 0.2) is 27.6 Å². The topological polar surface area (TPSA) is 72.2 Å². The lowest BCUT2D eigenvalue weighted by atomic mass is 10.00. The smallest absolute Gasteiger partial charge is 0.240 e. The van der Waals surface area contributed by atoms with E-state index in [1.165, 1.54) is 12.1 Å². The van der Waals surface area contributed by atoms with Crippen molar-refractivity contribution in [3.63, 3.8) is 0 Å². The molecule has 0 spiro atoms. The third-order valence-corrected chi connectivity index (χ3v) is 5.50. The number of sulfonamides is 1. The summed E-state index contributed by atoms with van der Waals surface area (Å²) in [5.74, 6) is 0.391. The fourth-order valence-electron chi connectivity index (χ4n) is 1.93. The van der Waals surface area contributed by atoms with Gasteiger partial charge >= 0.3 is 0 Å². The Labute approximate surface area is 130 Å². The van der Waals surface area contributed by atoms with Gasteiger partial charge in [-0.2, -0.15) is 0 Å². The van der Waals surface area contributed by atoms with Gasteiger partial charge in [-0.15, -0.1) is 0 Å². The number of unbranched alkanes of at least 4 members (excludes halogenated alkanes) is 1. The summed E-state index contributed by atoms with van der Waals surface area (Å²) < 4.78 is 27.7. The van der Waals surface area contributed by atoms with Crippen molar-refractivity contribution in [2.45, 2.75) is 44.4 Å². The summed E-state index contributed by atoms with van der Waals surface area (Å²) in [6, 6.07) is 4.65.